The molecule has 2 atom stereocenters. The van der Waals surface area contributed by atoms with Crippen molar-refractivity contribution in [2.24, 2.45) is 0 Å². The number of hydrogen-bond donors (Lipinski definition) is 2. The Hall–Kier alpha value is -2.78. The van der Waals surface area contributed by atoms with E-state index in [0.717, 1.165) is 63.4 Å². The van der Waals surface area contributed by atoms with Crippen LogP contribution in [0.3, 0.4) is 0 Å². The third kappa shape index (κ3) is 9.61. The second-order valence-corrected chi connectivity index (χ2v) is 8.51. The number of amides is 2. The van der Waals surface area contributed by atoms with Gasteiger partial charge >= 0.3 is 11.9 Å². The Bertz CT molecular complexity index is 777. The molecule has 1 heterocycles. The summed E-state index contributed by atoms with van der Waals surface area (Å²) in [6, 6.07) is 9.64. The van der Waals surface area contributed by atoms with Gasteiger partial charge in [-0.3, -0.25) is 14.4 Å². The molecule has 1 aliphatic rings. The largest absolute Gasteiger partial charge is 0.461 e. The second kappa shape index (κ2) is 15.2. The summed E-state index contributed by atoms with van der Waals surface area (Å²) in [5.74, 6) is -3.16. The van der Waals surface area contributed by atoms with E-state index in [1.165, 1.54) is 0 Å². The van der Waals surface area contributed by atoms with Gasteiger partial charge in [-0.15, -0.1) is 0 Å². The lowest BCUT2D eigenvalue weighted by atomic mass is 10.1. The lowest BCUT2D eigenvalue weighted by Crippen LogP contribution is -2.34. The third-order valence-electron chi connectivity index (χ3n) is 5.65. The number of unbranched alkanes of at least 4 members (excludes halogenated alkanes) is 9. The number of esters is 1. The number of carbonyl (C=O) groups is 4. The molecular formula is C25H35NO8. The minimum atomic E-state index is -1.89. The number of rotatable bonds is 16. The molecule has 188 valence electrons. The van der Waals surface area contributed by atoms with E-state index >= 15 is 0 Å². The summed E-state index contributed by atoms with van der Waals surface area (Å²) in [7, 11) is 0. The van der Waals surface area contributed by atoms with Crippen LogP contribution in [0.2, 0.25) is 0 Å². The summed E-state index contributed by atoms with van der Waals surface area (Å²) in [6.07, 6.45) is 6.47. The highest BCUT2D eigenvalue weighted by molar-refractivity contribution is 6.07. The first-order valence-corrected chi connectivity index (χ1v) is 12.0. The van der Waals surface area contributed by atoms with Crippen LogP contribution >= 0.6 is 0 Å². The maximum absolute atomic E-state index is 11.8. The smallest absolute Gasteiger partial charge is 0.333 e. The predicted octanol–water partition coefficient (Wildman–Crippen LogP) is 2.96. The first-order chi connectivity index (χ1) is 16.4. The molecule has 1 aromatic rings. The van der Waals surface area contributed by atoms with Gasteiger partial charge in [0.25, 0.3) is 11.8 Å². The van der Waals surface area contributed by atoms with Gasteiger partial charge in [-0.2, -0.15) is 0 Å². The topological polar surface area (TPSA) is 130 Å². The van der Waals surface area contributed by atoms with Gasteiger partial charge in [-0.05, 0) is 18.4 Å². The van der Waals surface area contributed by atoms with Crippen molar-refractivity contribution in [2.75, 3.05) is 0 Å². The fourth-order valence-electron chi connectivity index (χ4n) is 3.62. The number of benzene rings is 1. The molecule has 0 aromatic heterocycles. The van der Waals surface area contributed by atoms with Crippen LogP contribution in [0.1, 0.15) is 82.6 Å². The molecule has 1 aliphatic heterocycles. The SMILES string of the molecule is O=C(CCCCCCCCCCCCC(=O)ON1C(=O)C(O)C(O)C1=O)OCc1ccccc1. The Kier molecular flexibility index (Phi) is 12.3. The molecule has 2 amide bonds. The second-order valence-electron chi connectivity index (χ2n) is 8.51. The number of aliphatic hydroxyl groups excluding tert-OH is 2. The van der Waals surface area contributed by atoms with E-state index in [1.807, 2.05) is 30.3 Å². The minimum Gasteiger partial charge on any atom is -0.461 e. The fraction of sp³-hybridized carbons (Fsp3) is 0.600. The Labute approximate surface area is 200 Å². The predicted molar refractivity (Wildman–Crippen MR) is 122 cm³/mol. The summed E-state index contributed by atoms with van der Waals surface area (Å²) in [5.41, 5.74) is 0.993. The molecule has 0 spiro atoms. The molecule has 34 heavy (non-hydrogen) atoms. The summed E-state index contributed by atoms with van der Waals surface area (Å²) in [6.45, 7) is 0.326. The Morgan fingerprint density at radius 1 is 0.706 bits per heavy atom. The lowest BCUT2D eigenvalue weighted by Gasteiger charge is -2.12. The van der Waals surface area contributed by atoms with Crippen molar-refractivity contribution < 1.29 is 39.0 Å². The molecule has 0 saturated carbocycles. The number of aliphatic hydroxyl groups is 2. The van der Waals surface area contributed by atoms with Crippen molar-refractivity contribution >= 4 is 23.8 Å². The highest BCUT2D eigenvalue weighted by atomic mass is 16.7. The van der Waals surface area contributed by atoms with Crippen LogP contribution in [0.5, 0.6) is 0 Å². The van der Waals surface area contributed by atoms with Crippen LogP contribution in [0.15, 0.2) is 30.3 Å². The molecular weight excluding hydrogens is 442 g/mol. The summed E-state index contributed by atoms with van der Waals surface area (Å²) in [5, 5.41) is 18.8. The first-order valence-electron chi connectivity index (χ1n) is 12.0. The van der Waals surface area contributed by atoms with Gasteiger partial charge in [0.15, 0.2) is 12.2 Å². The summed E-state index contributed by atoms with van der Waals surface area (Å²) in [4.78, 5) is 51.2. The number of carbonyl (C=O) groups excluding carboxylic acids is 4. The summed E-state index contributed by atoms with van der Waals surface area (Å²) >= 11 is 0. The number of imide groups is 1. The van der Waals surface area contributed by atoms with Crippen molar-refractivity contribution in [3.05, 3.63) is 35.9 Å². The van der Waals surface area contributed by atoms with Crippen LogP contribution in [0.25, 0.3) is 0 Å². The highest BCUT2D eigenvalue weighted by Gasteiger charge is 2.48. The van der Waals surface area contributed by atoms with Gasteiger partial charge in [-0.1, -0.05) is 86.8 Å². The molecule has 2 unspecified atom stereocenters. The van der Waals surface area contributed by atoms with Gasteiger partial charge in [0.05, 0.1) is 0 Å². The minimum absolute atomic E-state index is 0.0526. The van der Waals surface area contributed by atoms with Crippen LogP contribution in [0, 0.1) is 0 Å². The van der Waals surface area contributed by atoms with Crippen molar-refractivity contribution in [1.29, 1.82) is 0 Å². The fourth-order valence-corrected chi connectivity index (χ4v) is 3.62. The average molecular weight is 478 g/mol. The number of nitrogens with zero attached hydrogens (tertiary/aromatic N) is 1. The van der Waals surface area contributed by atoms with E-state index in [-0.39, 0.29) is 17.5 Å². The van der Waals surface area contributed by atoms with Gasteiger partial charge in [-0.25, -0.2) is 4.79 Å². The molecule has 0 aliphatic carbocycles. The van der Waals surface area contributed by atoms with E-state index in [1.54, 1.807) is 0 Å². The van der Waals surface area contributed by atoms with Crippen molar-refractivity contribution in [2.45, 2.75) is 95.9 Å². The van der Waals surface area contributed by atoms with Crippen LogP contribution in [-0.4, -0.2) is 51.2 Å². The average Bonchev–Trinajstić information content (AvgIpc) is 3.02. The molecule has 0 radical (unpaired) electrons. The van der Waals surface area contributed by atoms with Gasteiger partial charge < -0.3 is 19.8 Å². The van der Waals surface area contributed by atoms with E-state index in [0.29, 0.717) is 19.4 Å². The van der Waals surface area contributed by atoms with E-state index in [9.17, 15) is 29.4 Å². The van der Waals surface area contributed by atoms with Crippen LogP contribution < -0.4 is 0 Å². The maximum Gasteiger partial charge on any atom is 0.333 e. The van der Waals surface area contributed by atoms with Gasteiger partial charge in [0.1, 0.15) is 6.61 Å². The van der Waals surface area contributed by atoms with Crippen molar-refractivity contribution in [1.82, 2.24) is 5.06 Å². The molecule has 1 aromatic carbocycles. The molecule has 9 nitrogen and oxygen atoms in total. The van der Waals surface area contributed by atoms with Crippen molar-refractivity contribution in [3.8, 4) is 0 Å². The van der Waals surface area contributed by atoms with Gasteiger partial charge in [0, 0.05) is 12.8 Å². The monoisotopic (exact) mass is 477 g/mol. The van der Waals surface area contributed by atoms with E-state index < -0.39 is 30.0 Å². The molecule has 9 heteroatoms. The lowest BCUT2D eigenvalue weighted by molar-refractivity contribution is -0.199. The van der Waals surface area contributed by atoms with Crippen LogP contribution in [-0.2, 0) is 35.4 Å². The Balaban J connectivity index is 1.36. The number of hydrogen-bond acceptors (Lipinski definition) is 8. The number of ether oxygens (including phenoxy) is 1. The molecule has 2 N–H and O–H groups in total. The van der Waals surface area contributed by atoms with E-state index in [2.05, 4.69) is 4.84 Å². The van der Waals surface area contributed by atoms with E-state index in [4.69, 9.17) is 4.74 Å². The van der Waals surface area contributed by atoms with Crippen molar-refractivity contribution in [3.63, 3.8) is 0 Å². The Morgan fingerprint density at radius 2 is 1.15 bits per heavy atom. The van der Waals surface area contributed by atoms with Crippen LogP contribution in [0.4, 0.5) is 0 Å². The highest BCUT2D eigenvalue weighted by Crippen LogP contribution is 2.16. The zero-order valence-corrected chi connectivity index (χ0v) is 19.5. The molecule has 1 fully saturated rings. The third-order valence-corrected chi connectivity index (χ3v) is 5.65. The zero-order chi connectivity index (χ0) is 24.8. The quantitative estimate of drug-likeness (QED) is 0.211. The maximum atomic E-state index is 11.8. The Morgan fingerprint density at radius 3 is 1.65 bits per heavy atom. The summed E-state index contributed by atoms with van der Waals surface area (Å²) < 4.78 is 5.27. The zero-order valence-electron chi connectivity index (χ0n) is 19.5. The number of hydroxylamine groups is 2. The molecule has 1 saturated heterocycles. The normalized spacial score (nSPS) is 17.8. The first kappa shape index (κ1) is 27.5. The molecule has 0 bridgehead atoms. The van der Waals surface area contributed by atoms with Gasteiger partial charge in [0.2, 0.25) is 0 Å². The molecule has 2 rings (SSSR count). The standard InChI is InChI=1S/C25H35NO8/c27-20(33-18-19-14-10-9-11-15-19)16-12-7-5-3-1-2-4-6-8-13-17-21(28)34-26-24(31)22(29)23(30)25(26)32/h9-11,14-15,22-23,29-30H,1-8,12-13,16-18H2.